The van der Waals surface area contributed by atoms with Crippen LogP contribution in [0.2, 0.25) is 5.02 Å². The van der Waals surface area contributed by atoms with E-state index in [0.717, 1.165) is 12.1 Å². The minimum Gasteiger partial charge on any atom is -0.374 e. The Morgan fingerprint density at radius 1 is 1.22 bits per heavy atom. The molecule has 2 aromatic carbocycles. The second-order valence-electron chi connectivity index (χ2n) is 5.75. The number of nitro benzene ring substituents is 1. The zero-order valence-corrected chi connectivity index (χ0v) is 15.0. The van der Waals surface area contributed by atoms with Crippen LogP contribution in [0.5, 0.6) is 0 Å². The van der Waals surface area contributed by atoms with Crippen molar-refractivity contribution in [3.63, 3.8) is 0 Å². The Morgan fingerprint density at radius 3 is 2.48 bits per heavy atom. The Bertz CT molecular complexity index is 887. The third kappa shape index (κ3) is 4.88. The molecule has 0 heterocycles. The summed E-state index contributed by atoms with van der Waals surface area (Å²) in [6.45, 7) is 3.20. The predicted molar refractivity (Wildman–Crippen MR) is 96.0 cm³/mol. The molecule has 2 N–H and O–H groups in total. The summed E-state index contributed by atoms with van der Waals surface area (Å²) in [5.74, 6) is -0.742. The van der Waals surface area contributed by atoms with Gasteiger partial charge in [0.1, 0.15) is 6.04 Å². The van der Waals surface area contributed by atoms with Gasteiger partial charge in [-0.3, -0.25) is 14.9 Å². The maximum Gasteiger partial charge on any atom is 0.418 e. The minimum atomic E-state index is -4.87. The number of amides is 1. The van der Waals surface area contributed by atoms with Gasteiger partial charge in [0.2, 0.25) is 5.91 Å². The van der Waals surface area contributed by atoms with E-state index in [1.54, 1.807) is 25.1 Å². The van der Waals surface area contributed by atoms with Crippen LogP contribution in [0.3, 0.4) is 0 Å². The molecule has 0 aliphatic carbocycles. The molecule has 144 valence electrons. The van der Waals surface area contributed by atoms with Crippen LogP contribution in [-0.4, -0.2) is 16.9 Å². The van der Waals surface area contributed by atoms with Crippen molar-refractivity contribution in [2.45, 2.75) is 26.1 Å². The molecule has 0 aliphatic heterocycles. The summed E-state index contributed by atoms with van der Waals surface area (Å²) in [6, 6.07) is 6.26. The number of alkyl halides is 3. The van der Waals surface area contributed by atoms with Gasteiger partial charge in [-0.15, -0.1) is 0 Å². The molecule has 0 aromatic heterocycles. The molecular weight excluding hydrogens is 387 g/mol. The number of hydrogen-bond acceptors (Lipinski definition) is 4. The molecule has 0 bridgehead atoms. The van der Waals surface area contributed by atoms with Gasteiger partial charge in [0.25, 0.3) is 5.69 Å². The first kappa shape index (κ1) is 20.5. The number of nitrogens with zero attached hydrogens (tertiary/aromatic N) is 1. The number of rotatable bonds is 5. The largest absolute Gasteiger partial charge is 0.418 e. The normalized spacial score (nSPS) is 12.4. The molecule has 1 amide bonds. The highest BCUT2D eigenvalue weighted by molar-refractivity contribution is 6.31. The van der Waals surface area contributed by atoms with E-state index in [4.69, 9.17) is 11.6 Å². The van der Waals surface area contributed by atoms with E-state index in [1.807, 2.05) is 0 Å². The molecule has 0 aliphatic rings. The first-order valence-electron chi connectivity index (χ1n) is 7.69. The molecule has 27 heavy (non-hydrogen) atoms. The van der Waals surface area contributed by atoms with Gasteiger partial charge in [0.15, 0.2) is 0 Å². The van der Waals surface area contributed by atoms with Crippen LogP contribution in [0.1, 0.15) is 18.1 Å². The lowest BCUT2D eigenvalue weighted by atomic mass is 10.1. The average Bonchev–Trinajstić information content (AvgIpc) is 2.58. The highest BCUT2D eigenvalue weighted by atomic mass is 35.5. The molecular formula is C17H15ClF3N3O3. The molecule has 2 aromatic rings. The number of halogens is 4. The monoisotopic (exact) mass is 401 g/mol. The van der Waals surface area contributed by atoms with Crippen LogP contribution in [0.25, 0.3) is 0 Å². The topological polar surface area (TPSA) is 84.3 Å². The highest BCUT2D eigenvalue weighted by Crippen LogP contribution is 2.37. The van der Waals surface area contributed by atoms with Gasteiger partial charge >= 0.3 is 6.18 Å². The zero-order chi connectivity index (χ0) is 20.4. The lowest BCUT2D eigenvalue weighted by molar-refractivity contribution is -0.385. The van der Waals surface area contributed by atoms with E-state index >= 15 is 0 Å². The summed E-state index contributed by atoms with van der Waals surface area (Å²) in [5.41, 5.74) is -1.33. The van der Waals surface area contributed by atoms with E-state index in [2.05, 4.69) is 10.6 Å². The van der Waals surface area contributed by atoms with E-state index in [1.165, 1.54) is 6.92 Å². The quantitative estimate of drug-likeness (QED) is 0.544. The van der Waals surface area contributed by atoms with Crippen LogP contribution < -0.4 is 10.6 Å². The standard InChI is InChI=1S/C17H15ClF3N3O3/c1-9-13(18)4-3-5-14(9)22-10(2)16(25)23-15-7-6-11(24(26)27)8-12(15)17(19,20)21/h3-8,10,22H,1-2H3,(H,23,25)/t10-/m1/s1. The number of anilines is 2. The number of hydrogen-bond donors (Lipinski definition) is 2. The maximum atomic E-state index is 13.2. The van der Waals surface area contributed by atoms with Gasteiger partial charge in [0, 0.05) is 22.8 Å². The van der Waals surface area contributed by atoms with E-state index in [9.17, 15) is 28.1 Å². The molecule has 0 fully saturated rings. The molecule has 10 heteroatoms. The number of benzene rings is 2. The van der Waals surface area contributed by atoms with Gasteiger partial charge in [-0.05, 0) is 37.6 Å². The van der Waals surface area contributed by atoms with Crippen molar-refractivity contribution in [1.82, 2.24) is 0 Å². The molecule has 0 unspecified atom stereocenters. The Balaban J connectivity index is 2.24. The third-order valence-electron chi connectivity index (χ3n) is 3.81. The number of nitro groups is 1. The number of non-ortho nitro benzene ring substituents is 1. The lowest BCUT2D eigenvalue weighted by Crippen LogP contribution is -2.32. The Kier molecular flexibility index (Phi) is 5.94. The highest BCUT2D eigenvalue weighted by Gasteiger charge is 2.36. The second kappa shape index (κ2) is 7.83. The van der Waals surface area contributed by atoms with Crippen molar-refractivity contribution in [3.8, 4) is 0 Å². The van der Waals surface area contributed by atoms with E-state index < -0.39 is 40.0 Å². The van der Waals surface area contributed by atoms with Crippen LogP contribution in [0.4, 0.5) is 30.2 Å². The van der Waals surface area contributed by atoms with Gasteiger partial charge in [-0.25, -0.2) is 0 Å². The number of carbonyl (C=O) groups is 1. The van der Waals surface area contributed by atoms with Crippen molar-refractivity contribution in [1.29, 1.82) is 0 Å². The van der Waals surface area contributed by atoms with Gasteiger partial charge < -0.3 is 10.6 Å². The minimum absolute atomic E-state index is 0.384. The summed E-state index contributed by atoms with van der Waals surface area (Å²) in [4.78, 5) is 22.1. The molecule has 1 atom stereocenters. The van der Waals surface area contributed by atoms with Crippen molar-refractivity contribution in [2.75, 3.05) is 10.6 Å². The maximum absolute atomic E-state index is 13.2. The first-order valence-corrected chi connectivity index (χ1v) is 8.06. The second-order valence-corrected chi connectivity index (χ2v) is 6.16. The summed E-state index contributed by atoms with van der Waals surface area (Å²) in [5, 5.41) is 16.2. The van der Waals surface area contributed by atoms with Crippen molar-refractivity contribution < 1.29 is 22.9 Å². The Hall–Kier alpha value is -2.81. The van der Waals surface area contributed by atoms with Crippen LogP contribution in [0, 0.1) is 17.0 Å². The fourth-order valence-electron chi connectivity index (χ4n) is 2.29. The van der Waals surface area contributed by atoms with Gasteiger partial charge in [-0.2, -0.15) is 13.2 Å². The summed E-state index contributed by atoms with van der Waals surface area (Å²) < 4.78 is 39.5. The van der Waals surface area contributed by atoms with E-state index in [-0.39, 0.29) is 0 Å². The SMILES string of the molecule is Cc1c(Cl)cccc1N[C@H](C)C(=O)Nc1ccc([N+](=O)[O-])cc1C(F)(F)F. The third-order valence-corrected chi connectivity index (χ3v) is 4.22. The Morgan fingerprint density at radius 2 is 1.89 bits per heavy atom. The van der Waals surface area contributed by atoms with Gasteiger partial charge in [0.05, 0.1) is 16.2 Å². The average molecular weight is 402 g/mol. The summed E-state index contributed by atoms with van der Waals surface area (Å²) >= 11 is 6.00. The number of nitrogens with one attached hydrogen (secondary N) is 2. The zero-order valence-electron chi connectivity index (χ0n) is 14.2. The van der Waals surface area contributed by atoms with Crippen molar-refractivity contribution in [3.05, 3.63) is 62.7 Å². The smallest absolute Gasteiger partial charge is 0.374 e. The summed E-state index contributed by atoms with van der Waals surface area (Å²) in [7, 11) is 0. The van der Waals surface area contributed by atoms with Crippen molar-refractivity contribution in [2.24, 2.45) is 0 Å². The van der Waals surface area contributed by atoms with Gasteiger partial charge in [-0.1, -0.05) is 17.7 Å². The molecule has 0 spiro atoms. The van der Waals surface area contributed by atoms with Crippen molar-refractivity contribution >= 4 is 34.6 Å². The molecule has 0 radical (unpaired) electrons. The fourth-order valence-corrected chi connectivity index (χ4v) is 2.47. The van der Waals surface area contributed by atoms with E-state index in [0.29, 0.717) is 22.3 Å². The van der Waals surface area contributed by atoms with Crippen LogP contribution >= 0.6 is 11.6 Å². The lowest BCUT2D eigenvalue weighted by Gasteiger charge is -2.19. The number of carbonyl (C=O) groups excluding carboxylic acids is 1. The molecule has 0 saturated heterocycles. The first-order chi connectivity index (χ1) is 12.5. The molecule has 2 rings (SSSR count). The molecule has 6 nitrogen and oxygen atoms in total. The van der Waals surface area contributed by atoms with Crippen LogP contribution in [0.15, 0.2) is 36.4 Å². The predicted octanol–water partition coefficient (Wildman–Crippen LogP) is 5.01. The molecule has 0 saturated carbocycles. The van der Waals surface area contributed by atoms with Crippen LogP contribution in [-0.2, 0) is 11.0 Å². The summed E-state index contributed by atoms with van der Waals surface area (Å²) in [6.07, 6.45) is -4.87. The Labute approximate surface area is 157 Å². The fraction of sp³-hybridized carbons (Fsp3) is 0.235.